The molecule has 0 aromatic rings. The summed E-state index contributed by atoms with van der Waals surface area (Å²) < 4.78 is 10.0. The van der Waals surface area contributed by atoms with Crippen LogP contribution in [-0.2, 0) is 19.1 Å². The van der Waals surface area contributed by atoms with Crippen molar-refractivity contribution in [3.05, 3.63) is 25.3 Å². The molecule has 8 heteroatoms. The van der Waals surface area contributed by atoms with E-state index in [2.05, 4.69) is 13.2 Å². The molecule has 0 radical (unpaired) electrons. The summed E-state index contributed by atoms with van der Waals surface area (Å²) in [6.07, 6.45) is 0.764. The number of carbonyl (C=O) groups excluding carboxylic acids is 4. The molecule has 0 aliphatic rings. The summed E-state index contributed by atoms with van der Waals surface area (Å²) in [7, 11) is 0. The third kappa shape index (κ3) is 9.07. The highest BCUT2D eigenvalue weighted by molar-refractivity contribution is 5.98. The van der Waals surface area contributed by atoms with Crippen molar-refractivity contribution in [3.8, 4) is 0 Å². The molecular weight excluding hydrogens is 304 g/mol. The summed E-state index contributed by atoms with van der Waals surface area (Å²) in [5.41, 5.74) is 0. The second kappa shape index (κ2) is 11.0. The molecule has 0 rings (SSSR count). The molecule has 0 saturated carbocycles. The lowest BCUT2D eigenvalue weighted by atomic mass is 10.0. The van der Waals surface area contributed by atoms with Crippen LogP contribution < -0.4 is 10.6 Å². The average Bonchev–Trinajstić information content (AvgIpc) is 2.51. The number of rotatable bonds is 8. The van der Waals surface area contributed by atoms with E-state index >= 15 is 0 Å². The predicted octanol–water partition coefficient (Wildman–Crippen LogP) is 1.67. The number of ether oxygens (including phenoxy) is 2. The number of carbonyl (C=O) groups is 4. The molecule has 0 bridgehead atoms. The van der Waals surface area contributed by atoms with Gasteiger partial charge in [0.05, 0.1) is 6.61 Å². The predicted molar refractivity (Wildman–Crippen MR) is 82.4 cm³/mol. The Balaban J connectivity index is 4.46. The van der Waals surface area contributed by atoms with Crippen LogP contribution >= 0.6 is 0 Å². The van der Waals surface area contributed by atoms with E-state index in [1.54, 1.807) is 6.92 Å². The number of nitrogens with one attached hydrogen (secondary N) is 2. The van der Waals surface area contributed by atoms with Gasteiger partial charge in [0.2, 0.25) is 0 Å². The Bertz CT molecular complexity index is 475. The fourth-order valence-electron chi connectivity index (χ4n) is 1.56. The second-order valence-electron chi connectivity index (χ2n) is 4.69. The van der Waals surface area contributed by atoms with E-state index in [0.717, 1.165) is 18.6 Å². The molecule has 8 nitrogen and oxygen atoms in total. The Hall–Kier alpha value is -2.64. The quantitative estimate of drug-likeness (QED) is 0.656. The van der Waals surface area contributed by atoms with E-state index < -0.39 is 30.1 Å². The SMILES string of the molecule is C=CC(=O)NC(=O)OCC(C)C(CCC)OC(=O)NC(=O)C=C. The van der Waals surface area contributed by atoms with E-state index in [1.807, 2.05) is 17.6 Å². The topological polar surface area (TPSA) is 111 Å². The molecule has 0 aliphatic heterocycles. The molecule has 0 aromatic heterocycles. The Morgan fingerprint density at radius 1 is 1.04 bits per heavy atom. The number of imide groups is 2. The first kappa shape index (κ1) is 20.4. The number of hydrogen-bond acceptors (Lipinski definition) is 6. The smallest absolute Gasteiger partial charge is 0.414 e. The number of alkyl carbamates (subject to hydrolysis) is 2. The van der Waals surface area contributed by atoms with Gasteiger partial charge in [-0.15, -0.1) is 0 Å². The van der Waals surface area contributed by atoms with Gasteiger partial charge in [0.1, 0.15) is 6.10 Å². The molecule has 2 N–H and O–H groups in total. The van der Waals surface area contributed by atoms with Crippen LogP contribution in [0.2, 0.25) is 0 Å². The van der Waals surface area contributed by atoms with Gasteiger partial charge in [-0.1, -0.05) is 33.4 Å². The van der Waals surface area contributed by atoms with Gasteiger partial charge in [-0.2, -0.15) is 0 Å². The highest BCUT2D eigenvalue weighted by atomic mass is 16.6. The molecule has 2 atom stereocenters. The van der Waals surface area contributed by atoms with E-state index in [-0.39, 0.29) is 12.5 Å². The maximum atomic E-state index is 11.5. The van der Waals surface area contributed by atoms with Gasteiger partial charge in [-0.05, 0) is 18.6 Å². The Morgan fingerprint density at radius 2 is 1.57 bits per heavy atom. The molecule has 0 aromatic carbocycles. The summed E-state index contributed by atoms with van der Waals surface area (Å²) >= 11 is 0. The lowest BCUT2D eigenvalue weighted by molar-refractivity contribution is -0.116. The van der Waals surface area contributed by atoms with Crippen LogP contribution in [0.3, 0.4) is 0 Å². The third-order valence-electron chi connectivity index (χ3n) is 2.76. The van der Waals surface area contributed by atoms with Gasteiger partial charge < -0.3 is 9.47 Å². The summed E-state index contributed by atoms with van der Waals surface area (Å²) in [4.78, 5) is 44.8. The zero-order valence-corrected chi connectivity index (χ0v) is 13.3. The summed E-state index contributed by atoms with van der Waals surface area (Å²) in [5.74, 6) is -1.67. The van der Waals surface area contributed by atoms with Crippen LogP contribution in [0, 0.1) is 5.92 Å². The molecule has 0 saturated heterocycles. The number of amides is 4. The first-order valence-electron chi connectivity index (χ1n) is 7.08. The van der Waals surface area contributed by atoms with Crippen LogP contribution in [-0.4, -0.2) is 36.7 Å². The minimum atomic E-state index is -0.914. The molecule has 0 fully saturated rings. The van der Waals surface area contributed by atoms with Gasteiger partial charge in [-0.25, -0.2) is 9.59 Å². The standard InChI is InChI=1S/C15H22N2O6/c1-5-8-11(23-15(21)17-13(19)7-3)10(4)9-22-14(20)16-12(18)6-2/h6-7,10-11H,2-3,5,8-9H2,1,4H3,(H,16,18,20)(H,17,19,21). The molecule has 0 aliphatic carbocycles. The van der Waals surface area contributed by atoms with Crippen molar-refractivity contribution in [2.75, 3.05) is 6.61 Å². The molecule has 4 amide bonds. The molecule has 0 heterocycles. The van der Waals surface area contributed by atoms with Gasteiger partial charge >= 0.3 is 12.2 Å². The van der Waals surface area contributed by atoms with E-state index in [0.29, 0.717) is 6.42 Å². The Kier molecular flexibility index (Phi) is 9.74. The fraction of sp³-hybridized carbons (Fsp3) is 0.467. The monoisotopic (exact) mass is 326 g/mol. The molecule has 0 spiro atoms. The minimum Gasteiger partial charge on any atom is -0.449 e. The zero-order valence-electron chi connectivity index (χ0n) is 13.3. The van der Waals surface area contributed by atoms with Crippen LogP contribution in [0.25, 0.3) is 0 Å². The third-order valence-corrected chi connectivity index (χ3v) is 2.76. The van der Waals surface area contributed by atoms with E-state index in [4.69, 9.17) is 9.47 Å². The van der Waals surface area contributed by atoms with E-state index in [1.165, 1.54) is 0 Å². The van der Waals surface area contributed by atoms with Crippen molar-refractivity contribution in [3.63, 3.8) is 0 Å². The maximum Gasteiger partial charge on any atom is 0.414 e. The second-order valence-corrected chi connectivity index (χ2v) is 4.69. The van der Waals surface area contributed by atoms with Crippen molar-refractivity contribution >= 4 is 24.0 Å². The van der Waals surface area contributed by atoms with Crippen molar-refractivity contribution < 1.29 is 28.7 Å². The first-order valence-corrected chi connectivity index (χ1v) is 7.08. The van der Waals surface area contributed by atoms with E-state index in [9.17, 15) is 19.2 Å². The average molecular weight is 326 g/mol. The van der Waals surface area contributed by atoms with Crippen molar-refractivity contribution in [2.24, 2.45) is 5.92 Å². The minimum absolute atomic E-state index is 0.0659. The van der Waals surface area contributed by atoms with Crippen molar-refractivity contribution in [1.82, 2.24) is 10.6 Å². The van der Waals surface area contributed by atoms with Gasteiger partial charge in [0.15, 0.2) is 0 Å². The van der Waals surface area contributed by atoms with Crippen LogP contribution in [0.4, 0.5) is 9.59 Å². The molecular formula is C15H22N2O6. The van der Waals surface area contributed by atoms with Crippen LogP contribution in [0.1, 0.15) is 26.7 Å². The van der Waals surface area contributed by atoms with Gasteiger partial charge in [-0.3, -0.25) is 20.2 Å². The summed E-state index contributed by atoms with van der Waals surface area (Å²) in [5, 5.41) is 3.91. The highest BCUT2D eigenvalue weighted by Crippen LogP contribution is 2.14. The molecule has 128 valence electrons. The summed E-state index contributed by atoms with van der Waals surface area (Å²) in [6.45, 7) is 9.97. The van der Waals surface area contributed by atoms with Crippen molar-refractivity contribution in [1.29, 1.82) is 0 Å². The fourth-order valence-corrected chi connectivity index (χ4v) is 1.56. The molecule has 23 heavy (non-hydrogen) atoms. The number of hydrogen-bond donors (Lipinski definition) is 2. The first-order chi connectivity index (χ1) is 10.8. The maximum absolute atomic E-state index is 11.5. The largest absolute Gasteiger partial charge is 0.449 e. The van der Waals surface area contributed by atoms with Crippen molar-refractivity contribution in [2.45, 2.75) is 32.8 Å². The summed E-state index contributed by atoms with van der Waals surface area (Å²) in [6, 6.07) is 0. The van der Waals surface area contributed by atoms with Crippen LogP contribution in [0.5, 0.6) is 0 Å². The zero-order chi connectivity index (χ0) is 17.8. The Labute approximate surface area is 134 Å². The normalized spacial score (nSPS) is 12.3. The van der Waals surface area contributed by atoms with Gasteiger partial charge in [0, 0.05) is 5.92 Å². The van der Waals surface area contributed by atoms with Gasteiger partial charge in [0.25, 0.3) is 11.8 Å². The highest BCUT2D eigenvalue weighted by Gasteiger charge is 2.23. The lowest BCUT2D eigenvalue weighted by Crippen LogP contribution is -2.37. The Morgan fingerprint density at radius 3 is 2.04 bits per heavy atom. The van der Waals surface area contributed by atoms with Crippen LogP contribution in [0.15, 0.2) is 25.3 Å². The molecule has 2 unspecified atom stereocenters. The lowest BCUT2D eigenvalue weighted by Gasteiger charge is -2.23.